The number of aromatic nitrogens is 2. The van der Waals surface area contributed by atoms with Crippen molar-refractivity contribution < 1.29 is 4.74 Å². The van der Waals surface area contributed by atoms with E-state index in [-0.39, 0.29) is 0 Å². The van der Waals surface area contributed by atoms with Gasteiger partial charge < -0.3 is 15.0 Å². The maximum atomic E-state index is 6.03. The molecular weight excluding hydrogens is 202 g/mol. The van der Waals surface area contributed by atoms with Gasteiger partial charge in [0.05, 0.1) is 12.9 Å². The topological polar surface area (TPSA) is 53.1 Å². The van der Waals surface area contributed by atoms with Gasteiger partial charge in [-0.1, -0.05) is 6.42 Å². The van der Waals surface area contributed by atoms with Crippen LogP contribution in [0.25, 0.3) is 0 Å². The molecule has 0 aromatic carbocycles. The highest BCUT2D eigenvalue weighted by Gasteiger charge is 2.23. The molecule has 4 nitrogen and oxygen atoms in total. The van der Waals surface area contributed by atoms with Gasteiger partial charge in [0.1, 0.15) is 0 Å². The van der Waals surface area contributed by atoms with Crippen LogP contribution in [0.4, 0.5) is 0 Å². The lowest BCUT2D eigenvalue weighted by Crippen LogP contribution is -2.27. The largest absolute Gasteiger partial charge is 0.383 e. The van der Waals surface area contributed by atoms with Crippen molar-refractivity contribution in [3.8, 4) is 0 Å². The van der Waals surface area contributed by atoms with Gasteiger partial charge in [-0.15, -0.1) is 0 Å². The fourth-order valence-corrected chi connectivity index (χ4v) is 2.54. The normalized spacial score (nSPS) is 25.9. The van der Waals surface area contributed by atoms with Crippen LogP contribution in [0.5, 0.6) is 0 Å². The first kappa shape index (κ1) is 11.6. The molecule has 1 heterocycles. The Hall–Kier alpha value is -0.870. The Morgan fingerprint density at radius 3 is 3.19 bits per heavy atom. The highest BCUT2D eigenvalue weighted by Crippen LogP contribution is 2.31. The zero-order valence-corrected chi connectivity index (χ0v) is 9.93. The Morgan fingerprint density at radius 1 is 1.56 bits per heavy atom. The number of rotatable bonds is 4. The van der Waals surface area contributed by atoms with Gasteiger partial charge in [-0.3, -0.25) is 0 Å². The molecule has 0 aliphatic heterocycles. The first-order valence-corrected chi connectivity index (χ1v) is 6.06. The summed E-state index contributed by atoms with van der Waals surface area (Å²) >= 11 is 0. The van der Waals surface area contributed by atoms with Gasteiger partial charge >= 0.3 is 0 Å². The van der Waals surface area contributed by atoms with Gasteiger partial charge in [-0.2, -0.15) is 0 Å². The van der Waals surface area contributed by atoms with Gasteiger partial charge in [-0.25, -0.2) is 4.98 Å². The average molecular weight is 223 g/mol. The van der Waals surface area contributed by atoms with Crippen LogP contribution < -0.4 is 5.73 Å². The number of nitrogens with zero attached hydrogens (tertiary/aromatic N) is 2. The Kier molecular flexibility index (Phi) is 3.96. The Bertz CT molecular complexity index is 324. The van der Waals surface area contributed by atoms with Gasteiger partial charge in [0, 0.05) is 37.5 Å². The first-order valence-electron chi connectivity index (χ1n) is 6.06. The van der Waals surface area contributed by atoms with E-state index in [0.29, 0.717) is 12.0 Å². The lowest BCUT2D eigenvalue weighted by atomic mass is 9.84. The third kappa shape index (κ3) is 2.62. The molecule has 1 aliphatic rings. The summed E-state index contributed by atoms with van der Waals surface area (Å²) in [5.74, 6) is 0.586. The fourth-order valence-electron chi connectivity index (χ4n) is 2.54. The Morgan fingerprint density at radius 2 is 2.44 bits per heavy atom. The van der Waals surface area contributed by atoms with Crippen LogP contribution in [0.1, 0.15) is 37.3 Å². The first-order chi connectivity index (χ1) is 7.81. The molecule has 2 N–H and O–H groups in total. The second-order valence-electron chi connectivity index (χ2n) is 4.63. The quantitative estimate of drug-likeness (QED) is 0.842. The lowest BCUT2D eigenvalue weighted by Gasteiger charge is -2.27. The van der Waals surface area contributed by atoms with Crippen molar-refractivity contribution in [2.45, 2.75) is 44.2 Å². The number of hydrogen-bond donors (Lipinski definition) is 1. The van der Waals surface area contributed by atoms with Gasteiger partial charge in [-0.05, 0) is 19.3 Å². The monoisotopic (exact) mass is 223 g/mol. The zero-order chi connectivity index (χ0) is 11.4. The number of hydrogen-bond acceptors (Lipinski definition) is 3. The van der Waals surface area contributed by atoms with Crippen LogP contribution in [0, 0.1) is 0 Å². The predicted octanol–water partition coefficient (Wildman–Crippen LogP) is 1.51. The van der Waals surface area contributed by atoms with Crippen LogP contribution in [0.3, 0.4) is 0 Å². The van der Waals surface area contributed by atoms with Gasteiger partial charge in [0.25, 0.3) is 0 Å². The molecule has 90 valence electrons. The summed E-state index contributed by atoms with van der Waals surface area (Å²) in [5, 5.41) is 0. The summed E-state index contributed by atoms with van der Waals surface area (Å²) in [6.07, 6.45) is 8.63. The summed E-state index contributed by atoms with van der Waals surface area (Å²) in [4.78, 5) is 4.24. The van der Waals surface area contributed by atoms with E-state index in [2.05, 4.69) is 9.55 Å². The summed E-state index contributed by atoms with van der Waals surface area (Å²) in [5.41, 5.74) is 7.35. The third-order valence-corrected chi connectivity index (χ3v) is 3.41. The maximum Gasteiger partial charge on any atom is 0.0949 e. The van der Waals surface area contributed by atoms with E-state index in [1.165, 1.54) is 25.0 Å². The van der Waals surface area contributed by atoms with E-state index in [0.717, 1.165) is 19.6 Å². The summed E-state index contributed by atoms with van der Waals surface area (Å²) < 4.78 is 7.31. The number of methoxy groups -OCH3 is 1. The third-order valence-electron chi connectivity index (χ3n) is 3.41. The molecule has 0 spiro atoms. The van der Waals surface area contributed by atoms with E-state index >= 15 is 0 Å². The number of nitrogens with two attached hydrogens (primary N) is 1. The molecule has 4 heteroatoms. The molecule has 1 fully saturated rings. The molecule has 16 heavy (non-hydrogen) atoms. The molecule has 1 aromatic heterocycles. The van der Waals surface area contributed by atoms with Crippen LogP contribution in [0.2, 0.25) is 0 Å². The molecule has 0 bridgehead atoms. The fraction of sp³-hybridized carbons (Fsp3) is 0.750. The standard InChI is InChI=1S/C12H21N3O/c1-16-6-5-15-9-14-8-12(15)10-3-2-4-11(13)7-10/h8-11H,2-7,13H2,1H3/t10-,11+/m1/s1. The van der Waals surface area contributed by atoms with E-state index in [1.807, 2.05) is 12.5 Å². The smallest absolute Gasteiger partial charge is 0.0949 e. The van der Waals surface area contributed by atoms with Crippen molar-refractivity contribution in [1.82, 2.24) is 9.55 Å². The Labute approximate surface area is 96.8 Å². The zero-order valence-electron chi connectivity index (χ0n) is 9.93. The van der Waals surface area contributed by atoms with E-state index in [1.54, 1.807) is 7.11 Å². The van der Waals surface area contributed by atoms with Gasteiger partial charge in [0.2, 0.25) is 0 Å². The van der Waals surface area contributed by atoms with Crippen LogP contribution in [-0.4, -0.2) is 29.3 Å². The molecule has 2 rings (SSSR count). The molecule has 2 atom stereocenters. The van der Waals surface area contributed by atoms with Crippen LogP contribution >= 0.6 is 0 Å². The second-order valence-corrected chi connectivity index (χ2v) is 4.63. The number of imidazole rings is 1. The SMILES string of the molecule is COCCn1cncc1[C@@H]1CCC[C@H](N)C1. The molecule has 0 radical (unpaired) electrons. The van der Waals surface area contributed by atoms with Gasteiger partial charge in [0.15, 0.2) is 0 Å². The minimum absolute atomic E-state index is 0.365. The van der Waals surface area contributed by atoms with Crippen molar-refractivity contribution in [3.05, 3.63) is 18.2 Å². The molecule has 0 unspecified atom stereocenters. The lowest BCUT2D eigenvalue weighted by molar-refractivity contribution is 0.185. The van der Waals surface area contributed by atoms with Crippen molar-refractivity contribution >= 4 is 0 Å². The number of ether oxygens (including phenoxy) is 1. The molecule has 0 saturated heterocycles. The minimum Gasteiger partial charge on any atom is -0.383 e. The van der Waals surface area contributed by atoms with Crippen LogP contribution in [-0.2, 0) is 11.3 Å². The summed E-state index contributed by atoms with van der Waals surface area (Å²) in [6.45, 7) is 1.62. The molecule has 1 aromatic rings. The summed E-state index contributed by atoms with van der Waals surface area (Å²) in [6, 6.07) is 0.365. The van der Waals surface area contributed by atoms with Crippen molar-refractivity contribution in [1.29, 1.82) is 0 Å². The van der Waals surface area contributed by atoms with E-state index in [9.17, 15) is 0 Å². The van der Waals surface area contributed by atoms with E-state index < -0.39 is 0 Å². The molecule has 1 saturated carbocycles. The molecule has 1 aliphatic carbocycles. The Balaban J connectivity index is 2.04. The molecule has 0 amide bonds. The molecular formula is C12H21N3O. The minimum atomic E-state index is 0.365. The maximum absolute atomic E-state index is 6.03. The highest BCUT2D eigenvalue weighted by molar-refractivity contribution is 5.08. The van der Waals surface area contributed by atoms with Crippen LogP contribution in [0.15, 0.2) is 12.5 Å². The average Bonchev–Trinajstić information content (AvgIpc) is 2.74. The van der Waals surface area contributed by atoms with Crippen molar-refractivity contribution in [2.75, 3.05) is 13.7 Å². The van der Waals surface area contributed by atoms with Crippen molar-refractivity contribution in [2.24, 2.45) is 5.73 Å². The highest BCUT2D eigenvalue weighted by atomic mass is 16.5. The summed E-state index contributed by atoms with van der Waals surface area (Å²) in [7, 11) is 1.73. The second kappa shape index (κ2) is 5.46. The predicted molar refractivity (Wildman–Crippen MR) is 63.3 cm³/mol. The van der Waals surface area contributed by atoms with E-state index in [4.69, 9.17) is 10.5 Å². The van der Waals surface area contributed by atoms with Crippen molar-refractivity contribution in [3.63, 3.8) is 0 Å².